The highest BCUT2D eigenvalue weighted by molar-refractivity contribution is 5.98. The number of hydrogen-bond acceptors (Lipinski definition) is 4. The highest BCUT2D eigenvalue weighted by Crippen LogP contribution is 2.19. The molecule has 2 aromatic rings. The van der Waals surface area contributed by atoms with Crippen molar-refractivity contribution in [1.82, 2.24) is 10.2 Å². The molecule has 3 N–H and O–H groups in total. The SMILES string of the molecule is CCCN(CCC)C(=O)c1cccc(NC(=O)CNc2cccc(C(=O)NC3CCCCC3)c2)c1. The summed E-state index contributed by atoms with van der Waals surface area (Å²) in [5, 5.41) is 9.06. The molecule has 0 aliphatic heterocycles. The van der Waals surface area contributed by atoms with Crippen molar-refractivity contribution >= 4 is 29.1 Å². The summed E-state index contributed by atoms with van der Waals surface area (Å²) in [5.41, 5.74) is 2.43. The van der Waals surface area contributed by atoms with Crippen molar-refractivity contribution in [2.24, 2.45) is 0 Å². The van der Waals surface area contributed by atoms with E-state index in [4.69, 9.17) is 0 Å². The first-order valence-electron chi connectivity index (χ1n) is 12.8. The van der Waals surface area contributed by atoms with Crippen molar-refractivity contribution in [3.8, 4) is 0 Å². The van der Waals surface area contributed by atoms with Gasteiger partial charge in [-0.15, -0.1) is 0 Å². The fourth-order valence-electron chi connectivity index (χ4n) is 4.44. The summed E-state index contributed by atoms with van der Waals surface area (Å²) in [5.74, 6) is -0.330. The first kappa shape index (κ1) is 26.3. The van der Waals surface area contributed by atoms with Crippen LogP contribution < -0.4 is 16.0 Å². The van der Waals surface area contributed by atoms with Crippen molar-refractivity contribution in [3.05, 3.63) is 59.7 Å². The molecule has 0 bridgehead atoms. The predicted octanol–water partition coefficient (Wildman–Crippen LogP) is 5.06. The summed E-state index contributed by atoms with van der Waals surface area (Å²) >= 11 is 0. The quantitative estimate of drug-likeness (QED) is 0.421. The minimum Gasteiger partial charge on any atom is -0.376 e. The van der Waals surface area contributed by atoms with E-state index in [1.54, 1.807) is 36.4 Å². The average Bonchev–Trinajstić information content (AvgIpc) is 2.88. The Morgan fingerprint density at radius 1 is 0.857 bits per heavy atom. The molecular weight excluding hydrogens is 440 g/mol. The molecule has 7 heteroatoms. The Morgan fingerprint density at radius 3 is 2.17 bits per heavy atom. The van der Waals surface area contributed by atoms with Crippen LogP contribution in [0, 0.1) is 0 Å². The molecule has 0 saturated heterocycles. The van der Waals surface area contributed by atoms with Crippen LogP contribution in [0.3, 0.4) is 0 Å². The van der Waals surface area contributed by atoms with Crippen molar-refractivity contribution in [1.29, 1.82) is 0 Å². The Morgan fingerprint density at radius 2 is 1.49 bits per heavy atom. The minimum absolute atomic E-state index is 0.0220. The van der Waals surface area contributed by atoms with E-state index in [1.165, 1.54) is 6.42 Å². The van der Waals surface area contributed by atoms with Crippen LogP contribution in [-0.2, 0) is 4.79 Å². The molecule has 0 aromatic heterocycles. The Hall–Kier alpha value is -3.35. The number of carbonyl (C=O) groups is 3. The Bertz CT molecular complexity index is 995. The van der Waals surface area contributed by atoms with Crippen LogP contribution in [0.15, 0.2) is 48.5 Å². The lowest BCUT2D eigenvalue weighted by Gasteiger charge is -2.22. The number of nitrogens with zero attached hydrogens (tertiary/aromatic N) is 1. The van der Waals surface area contributed by atoms with Crippen LogP contribution in [0.2, 0.25) is 0 Å². The van der Waals surface area contributed by atoms with Gasteiger partial charge in [-0.3, -0.25) is 14.4 Å². The number of carbonyl (C=O) groups excluding carboxylic acids is 3. The van der Waals surface area contributed by atoms with E-state index in [0.717, 1.165) is 38.5 Å². The first-order chi connectivity index (χ1) is 17.0. The number of rotatable bonds is 11. The van der Waals surface area contributed by atoms with Gasteiger partial charge in [0.05, 0.1) is 6.54 Å². The third-order valence-electron chi connectivity index (χ3n) is 6.19. The summed E-state index contributed by atoms with van der Waals surface area (Å²) < 4.78 is 0. The molecule has 0 spiro atoms. The Balaban J connectivity index is 1.54. The van der Waals surface area contributed by atoms with Gasteiger partial charge in [-0.05, 0) is 62.1 Å². The maximum atomic E-state index is 12.9. The lowest BCUT2D eigenvalue weighted by atomic mass is 9.95. The smallest absolute Gasteiger partial charge is 0.253 e. The van der Waals surface area contributed by atoms with Gasteiger partial charge in [0.1, 0.15) is 0 Å². The van der Waals surface area contributed by atoms with E-state index in [0.29, 0.717) is 35.6 Å². The third kappa shape index (κ3) is 8.12. The second kappa shape index (κ2) is 13.5. The monoisotopic (exact) mass is 478 g/mol. The fourth-order valence-corrected chi connectivity index (χ4v) is 4.44. The zero-order chi connectivity index (χ0) is 25.0. The van der Waals surface area contributed by atoms with E-state index < -0.39 is 0 Å². The van der Waals surface area contributed by atoms with Crippen molar-refractivity contribution < 1.29 is 14.4 Å². The molecule has 1 aliphatic rings. The summed E-state index contributed by atoms with van der Waals surface area (Å²) in [6.45, 7) is 5.58. The molecule has 1 saturated carbocycles. The van der Waals surface area contributed by atoms with Crippen LogP contribution >= 0.6 is 0 Å². The van der Waals surface area contributed by atoms with E-state index in [9.17, 15) is 14.4 Å². The van der Waals surface area contributed by atoms with Crippen LogP contribution in [0.5, 0.6) is 0 Å². The zero-order valence-electron chi connectivity index (χ0n) is 20.9. The number of hydrogen-bond donors (Lipinski definition) is 3. The molecule has 188 valence electrons. The molecule has 3 amide bonds. The van der Waals surface area contributed by atoms with Gasteiger partial charge in [-0.2, -0.15) is 0 Å². The molecule has 0 atom stereocenters. The average molecular weight is 479 g/mol. The molecule has 3 rings (SSSR count). The molecule has 0 unspecified atom stereocenters. The Labute approximate surface area is 208 Å². The molecule has 0 heterocycles. The molecule has 2 aromatic carbocycles. The van der Waals surface area contributed by atoms with Gasteiger partial charge in [-0.1, -0.05) is 45.2 Å². The second-order valence-corrected chi connectivity index (χ2v) is 9.16. The van der Waals surface area contributed by atoms with Gasteiger partial charge in [0.25, 0.3) is 11.8 Å². The first-order valence-corrected chi connectivity index (χ1v) is 12.8. The summed E-state index contributed by atoms with van der Waals surface area (Å²) in [6, 6.07) is 14.5. The topological polar surface area (TPSA) is 90.5 Å². The largest absolute Gasteiger partial charge is 0.376 e. The molecule has 1 fully saturated rings. The van der Waals surface area contributed by atoms with E-state index in [2.05, 4.69) is 29.8 Å². The van der Waals surface area contributed by atoms with Gasteiger partial charge in [0.2, 0.25) is 5.91 Å². The van der Waals surface area contributed by atoms with Crippen molar-refractivity contribution in [2.45, 2.75) is 64.8 Å². The summed E-state index contributed by atoms with van der Waals surface area (Å²) in [6.07, 6.45) is 7.43. The van der Waals surface area contributed by atoms with Gasteiger partial charge in [-0.25, -0.2) is 0 Å². The normalized spacial score (nSPS) is 13.7. The van der Waals surface area contributed by atoms with Gasteiger partial charge >= 0.3 is 0 Å². The molecule has 0 radical (unpaired) electrons. The molecular formula is C28H38N4O3. The number of nitrogens with one attached hydrogen (secondary N) is 3. The predicted molar refractivity (Wildman–Crippen MR) is 141 cm³/mol. The van der Waals surface area contributed by atoms with Crippen LogP contribution in [0.4, 0.5) is 11.4 Å². The molecule has 7 nitrogen and oxygen atoms in total. The van der Waals surface area contributed by atoms with Crippen LogP contribution in [-0.4, -0.2) is 48.3 Å². The van der Waals surface area contributed by atoms with E-state index in [-0.39, 0.29) is 30.3 Å². The van der Waals surface area contributed by atoms with Gasteiger partial charge < -0.3 is 20.9 Å². The van der Waals surface area contributed by atoms with E-state index >= 15 is 0 Å². The maximum absolute atomic E-state index is 12.9. The van der Waals surface area contributed by atoms with Crippen LogP contribution in [0.1, 0.15) is 79.5 Å². The molecule has 1 aliphatic carbocycles. The van der Waals surface area contributed by atoms with Gasteiger partial charge in [0.15, 0.2) is 0 Å². The standard InChI is InChI=1S/C28H38N4O3/c1-3-16-32(17-4-2)28(35)22-11-9-15-25(19-22)30-26(33)20-29-24-14-8-10-21(18-24)27(34)31-23-12-6-5-7-13-23/h8-11,14-15,18-19,23,29H,3-7,12-13,16-17,20H2,1-2H3,(H,30,33)(H,31,34). The summed E-state index contributed by atoms with van der Waals surface area (Å²) in [7, 11) is 0. The van der Waals surface area contributed by atoms with E-state index in [1.807, 2.05) is 17.0 Å². The maximum Gasteiger partial charge on any atom is 0.253 e. The lowest BCUT2D eigenvalue weighted by molar-refractivity contribution is -0.114. The number of benzene rings is 2. The Kier molecular flexibility index (Phi) is 10.1. The number of amides is 3. The second-order valence-electron chi connectivity index (χ2n) is 9.16. The third-order valence-corrected chi connectivity index (χ3v) is 6.19. The number of anilines is 2. The van der Waals surface area contributed by atoms with Crippen molar-refractivity contribution in [3.63, 3.8) is 0 Å². The zero-order valence-corrected chi connectivity index (χ0v) is 20.9. The fraction of sp³-hybridized carbons (Fsp3) is 0.464. The van der Waals surface area contributed by atoms with Crippen LogP contribution in [0.25, 0.3) is 0 Å². The minimum atomic E-state index is -0.231. The lowest BCUT2D eigenvalue weighted by Crippen LogP contribution is -2.36. The summed E-state index contributed by atoms with van der Waals surface area (Å²) in [4.78, 5) is 39.9. The molecule has 35 heavy (non-hydrogen) atoms. The van der Waals surface area contributed by atoms with Crippen molar-refractivity contribution in [2.75, 3.05) is 30.3 Å². The van der Waals surface area contributed by atoms with Gasteiger partial charge in [0, 0.05) is 41.6 Å². The highest BCUT2D eigenvalue weighted by Gasteiger charge is 2.17. The highest BCUT2D eigenvalue weighted by atomic mass is 16.2.